The van der Waals surface area contributed by atoms with Gasteiger partial charge in [-0.1, -0.05) is 12.8 Å². The quantitative estimate of drug-likeness (QED) is 0.889. The Morgan fingerprint density at radius 1 is 1.41 bits per heavy atom. The summed E-state index contributed by atoms with van der Waals surface area (Å²) in [6.07, 6.45) is 6.16. The van der Waals surface area contributed by atoms with Crippen LogP contribution < -0.4 is 15.8 Å². The molecule has 0 unspecified atom stereocenters. The maximum Gasteiger partial charge on any atom is 0.225 e. The van der Waals surface area contributed by atoms with Crippen LogP contribution in [0.15, 0.2) is 28.9 Å². The number of carbonyl (C=O) groups is 1. The first-order chi connectivity index (χ1) is 10.7. The van der Waals surface area contributed by atoms with E-state index in [1.54, 1.807) is 13.4 Å². The van der Waals surface area contributed by atoms with Crippen molar-refractivity contribution in [3.63, 3.8) is 0 Å². The molecule has 1 aromatic heterocycles. The summed E-state index contributed by atoms with van der Waals surface area (Å²) in [7, 11) is 1.62. The molecule has 0 saturated heterocycles. The van der Waals surface area contributed by atoms with Crippen LogP contribution in [0.1, 0.15) is 31.2 Å². The lowest BCUT2D eigenvalue weighted by atomic mass is 9.97. The molecule has 5 heteroatoms. The van der Waals surface area contributed by atoms with Gasteiger partial charge < -0.3 is 20.2 Å². The molecule has 0 spiro atoms. The first-order valence-corrected chi connectivity index (χ1v) is 7.71. The van der Waals surface area contributed by atoms with Gasteiger partial charge in [0.1, 0.15) is 11.3 Å². The fraction of sp³-hybridized carbons (Fsp3) is 0.471. The van der Waals surface area contributed by atoms with Crippen LogP contribution in [0.5, 0.6) is 5.75 Å². The highest BCUT2D eigenvalue weighted by Crippen LogP contribution is 2.29. The molecule has 5 nitrogen and oxygen atoms in total. The fourth-order valence-corrected chi connectivity index (χ4v) is 3.27. The number of hydrogen-bond donors (Lipinski definition) is 2. The van der Waals surface area contributed by atoms with E-state index in [-0.39, 0.29) is 11.4 Å². The average molecular weight is 302 g/mol. The van der Waals surface area contributed by atoms with Gasteiger partial charge in [0.2, 0.25) is 5.91 Å². The fourth-order valence-electron chi connectivity index (χ4n) is 3.27. The number of methoxy groups -OCH3 is 1. The highest BCUT2D eigenvalue weighted by Gasteiger charge is 2.33. The Bertz CT molecular complexity index is 672. The van der Waals surface area contributed by atoms with Gasteiger partial charge in [-0.25, -0.2) is 0 Å². The number of carbonyl (C=O) groups excluding carboxylic acids is 1. The van der Waals surface area contributed by atoms with Crippen molar-refractivity contribution in [2.45, 2.75) is 37.6 Å². The van der Waals surface area contributed by atoms with E-state index in [0.29, 0.717) is 13.0 Å². The third-order valence-corrected chi connectivity index (χ3v) is 4.57. The molecule has 1 saturated carbocycles. The Balaban J connectivity index is 1.74. The van der Waals surface area contributed by atoms with Crippen LogP contribution in [-0.2, 0) is 11.2 Å². The largest absolute Gasteiger partial charge is 0.497 e. The predicted molar refractivity (Wildman–Crippen MR) is 84.9 cm³/mol. The smallest absolute Gasteiger partial charge is 0.225 e. The molecule has 0 aliphatic heterocycles. The van der Waals surface area contributed by atoms with E-state index < -0.39 is 0 Å². The van der Waals surface area contributed by atoms with Crippen LogP contribution in [-0.4, -0.2) is 25.1 Å². The van der Waals surface area contributed by atoms with Gasteiger partial charge in [0.15, 0.2) is 0 Å². The zero-order valence-electron chi connectivity index (χ0n) is 12.9. The number of rotatable bonds is 5. The first kappa shape index (κ1) is 14.9. The van der Waals surface area contributed by atoms with Crippen LogP contribution in [0.4, 0.5) is 0 Å². The van der Waals surface area contributed by atoms with Gasteiger partial charge in [0.05, 0.1) is 25.3 Å². The molecule has 3 N–H and O–H groups in total. The summed E-state index contributed by atoms with van der Waals surface area (Å²) in [5, 5.41) is 4.09. The van der Waals surface area contributed by atoms with Crippen molar-refractivity contribution in [1.82, 2.24) is 5.32 Å². The van der Waals surface area contributed by atoms with E-state index in [1.165, 1.54) is 0 Å². The Morgan fingerprint density at radius 3 is 2.86 bits per heavy atom. The Labute approximate surface area is 129 Å². The monoisotopic (exact) mass is 302 g/mol. The van der Waals surface area contributed by atoms with E-state index in [0.717, 1.165) is 48.0 Å². The summed E-state index contributed by atoms with van der Waals surface area (Å²) in [5.41, 5.74) is 7.28. The zero-order chi connectivity index (χ0) is 15.6. The lowest BCUT2D eigenvalue weighted by molar-refractivity contribution is -0.122. The van der Waals surface area contributed by atoms with E-state index in [4.69, 9.17) is 14.9 Å². The topological polar surface area (TPSA) is 77.5 Å². The maximum absolute atomic E-state index is 12.4. The summed E-state index contributed by atoms with van der Waals surface area (Å²) < 4.78 is 10.7. The van der Waals surface area contributed by atoms with Crippen molar-refractivity contribution in [2.75, 3.05) is 13.7 Å². The Hall–Kier alpha value is -2.01. The highest BCUT2D eigenvalue weighted by molar-refractivity contribution is 5.88. The van der Waals surface area contributed by atoms with Gasteiger partial charge >= 0.3 is 0 Å². The molecular weight excluding hydrogens is 280 g/mol. The summed E-state index contributed by atoms with van der Waals surface area (Å²) >= 11 is 0. The van der Waals surface area contributed by atoms with E-state index in [2.05, 4.69) is 5.32 Å². The van der Waals surface area contributed by atoms with Crippen LogP contribution in [0.25, 0.3) is 11.0 Å². The molecule has 2 aromatic rings. The number of ether oxygens (including phenoxy) is 1. The Morgan fingerprint density at radius 2 is 2.18 bits per heavy atom. The average Bonchev–Trinajstić information content (AvgIpc) is 3.15. The van der Waals surface area contributed by atoms with Crippen LogP contribution in [0.3, 0.4) is 0 Å². The minimum absolute atomic E-state index is 0.00543. The first-order valence-electron chi connectivity index (χ1n) is 7.71. The van der Waals surface area contributed by atoms with Gasteiger partial charge in [-0.05, 0) is 25.0 Å². The van der Waals surface area contributed by atoms with Gasteiger partial charge in [0, 0.05) is 23.6 Å². The predicted octanol–water partition coefficient (Wildman–Crippen LogP) is 2.37. The second-order valence-electron chi connectivity index (χ2n) is 6.04. The molecule has 1 amide bonds. The number of nitrogens with one attached hydrogen (secondary N) is 1. The number of fused-ring (bicyclic) bond motifs is 1. The van der Waals surface area contributed by atoms with Crippen molar-refractivity contribution >= 4 is 16.9 Å². The molecule has 1 heterocycles. The van der Waals surface area contributed by atoms with Crippen LogP contribution in [0, 0.1) is 0 Å². The number of furan rings is 1. The third kappa shape index (κ3) is 2.81. The summed E-state index contributed by atoms with van der Waals surface area (Å²) in [6, 6.07) is 5.63. The number of nitrogens with two attached hydrogens (primary N) is 1. The second kappa shape index (κ2) is 6.01. The highest BCUT2D eigenvalue weighted by atomic mass is 16.5. The number of hydrogen-bond acceptors (Lipinski definition) is 4. The number of benzene rings is 1. The third-order valence-electron chi connectivity index (χ3n) is 4.57. The molecule has 0 radical (unpaired) electrons. The molecule has 1 aliphatic carbocycles. The minimum Gasteiger partial charge on any atom is -0.497 e. The molecule has 0 bridgehead atoms. The molecule has 1 fully saturated rings. The molecule has 118 valence electrons. The van der Waals surface area contributed by atoms with Crippen molar-refractivity contribution in [2.24, 2.45) is 5.73 Å². The summed E-state index contributed by atoms with van der Waals surface area (Å²) in [5.74, 6) is 0.747. The normalized spacial score (nSPS) is 16.8. The van der Waals surface area contributed by atoms with E-state index >= 15 is 0 Å². The van der Waals surface area contributed by atoms with Gasteiger partial charge in [-0.2, -0.15) is 0 Å². The summed E-state index contributed by atoms with van der Waals surface area (Å²) in [4.78, 5) is 12.4. The standard InChI is InChI=1S/C17H22N2O3/c1-21-13-4-5-14-12(10-22-15(14)9-13)8-16(20)19-17(11-18)6-2-3-7-17/h4-5,9-10H,2-3,6-8,11,18H2,1H3,(H,19,20). The molecule has 3 rings (SSSR count). The maximum atomic E-state index is 12.4. The van der Waals surface area contributed by atoms with Crippen molar-refractivity contribution < 1.29 is 13.9 Å². The van der Waals surface area contributed by atoms with E-state index in [1.807, 2.05) is 18.2 Å². The lowest BCUT2D eigenvalue weighted by Gasteiger charge is -2.28. The van der Waals surface area contributed by atoms with Gasteiger partial charge in [-0.15, -0.1) is 0 Å². The van der Waals surface area contributed by atoms with Crippen molar-refractivity contribution in [3.05, 3.63) is 30.0 Å². The number of amides is 1. The molecule has 22 heavy (non-hydrogen) atoms. The minimum atomic E-state index is -0.208. The molecule has 1 aromatic carbocycles. The van der Waals surface area contributed by atoms with Gasteiger partial charge in [0.25, 0.3) is 0 Å². The SMILES string of the molecule is COc1ccc2c(CC(=O)NC3(CN)CCCC3)coc2c1. The molecular formula is C17H22N2O3. The second-order valence-corrected chi connectivity index (χ2v) is 6.04. The van der Waals surface area contributed by atoms with Gasteiger partial charge in [-0.3, -0.25) is 4.79 Å². The van der Waals surface area contributed by atoms with Crippen LogP contribution >= 0.6 is 0 Å². The zero-order valence-corrected chi connectivity index (χ0v) is 12.9. The van der Waals surface area contributed by atoms with E-state index in [9.17, 15) is 4.79 Å². The van der Waals surface area contributed by atoms with Crippen LogP contribution in [0.2, 0.25) is 0 Å². The summed E-state index contributed by atoms with van der Waals surface area (Å²) in [6.45, 7) is 0.502. The molecule has 0 atom stereocenters. The molecule has 1 aliphatic rings. The van der Waals surface area contributed by atoms with Crippen molar-refractivity contribution in [1.29, 1.82) is 0 Å². The Kier molecular flexibility index (Phi) is 4.07. The van der Waals surface area contributed by atoms with Crippen molar-refractivity contribution in [3.8, 4) is 5.75 Å². The lowest BCUT2D eigenvalue weighted by Crippen LogP contribution is -2.52.